The molecule has 1 unspecified atom stereocenters. The van der Waals surface area contributed by atoms with E-state index in [0.717, 1.165) is 10.2 Å². The second-order valence-corrected chi connectivity index (χ2v) is 6.61. The van der Waals surface area contributed by atoms with Crippen molar-refractivity contribution in [1.29, 1.82) is 0 Å². The van der Waals surface area contributed by atoms with Crippen LogP contribution in [0.25, 0.3) is 0 Å². The number of rotatable bonds is 5. The first kappa shape index (κ1) is 14.0. The molecular formula is C12H17BrFNS. The monoisotopic (exact) mass is 305 g/mol. The fraction of sp³-hybridized carbons (Fsp3) is 0.500. The van der Waals surface area contributed by atoms with E-state index >= 15 is 0 Å². The molecule has 1 rings (SSSR count). The first-order valence-corrected chi connectivity index (χ1v) is 7.14. The van der Waals surface area contributed by atoms with Crippen molar-refractivity contribution in [3.05, 3.63) is 34.1 Å². The molecule has 0 radical (unpaired) electrons. The third-order valence-corrected chi connectivity index (χ3v) is 3.92. The fourth-order valence-corrected chi connectivity index (χ4v) is 2.43. The lowest BCUT2D eigenvalue weighted by atomic mass is 10.1. The molecule has 0 fully saturated rings. The molecule has 90 valence electrons. The van der Waals surface area contributed by atoms with E-state index in [1.165, 1.54) is 6.07 Å². The van der Waals surface area contributed by atoms with Crippen LogP contribution in [0.1, 0.15) is 19.4 Å². The third kappa shape index (κ3) is 4.85. The van der Waals surface area contributed by atoms with Crippen molar-refractivity contribution in [2.24, 2.45) is 5.73 Å². The summed E-state index contributed by atoms with van der Waals surface area (Å²) < 4.78 is 14.3. The Hall–Kier alpha value is -0.0600. The van der Waals surface area contributed by atoms with Crippen molar-refractivity contribution >= 4 is 27.7 Å². The summed E-state index contributed by atoms with van der Waals surface area (Å²) in [5, 5.41) is 0.570. The summed E-state index contributed by atoms with van der Waals surface area (Å²) >= 11 is 5.05. The van der Waals surface area contributed by atoms with Gasteiger partial charge in [-0.3, -0.25) is 0 Å². The third-order valence-electron chi connectivity index (χ3n) is 2.14. The molecule has 16 heavy (non-hydrogen) atoms. The van der Waals surface area contributed by atoms with Gasteiger partial charge >= 0.3 is 0 Å². The zero-order valence-corrected chi connectivity index (χ0v) is 11.9. The molecule has 4 heteroatoms. The Balaban J connectivity index is 2.52. The van der Waals surface area contributed by atoms with Gasteiger partial charge in [-0.15, -0.1) is 0 Å². The molecule has 0 amide bonds. The van der Waals surface area contributed by atoms with Gasteiger partial charge in [0, 0.05) is 16.3 Å². The number of nitrogens with two attached hydrogens (primary N) is 1. The maximum atomic E-state index is 13.5. The summed E-state index contributed by atoms with van der Waals surface area (Å²) in [6, 6.07) is 5.14. The van der Waals surface area contributed by atoms with Crippen LogP contribution in [0.15, 0.2) is 22.7 Å². The molecule has 1 aromatic carbocycles. The van der Waals surface area contributed by atoms with Gasteiger partial charge in [-0.2, -0.15) is 11.8 Å². The van der Waals surface area contributed by atoms with Crippen LogP contribution in [0, 0.1) is 5.82 Å². The van der Waals surface area contributed by atoms with Crippen LogP contribution < -0.4 is 5.73 Å². The summed E-state index contributed by atoms with van der Waals surface area (Å²) in [4.78, 5) is 0. The molecule has 1 nitrogen and oxygen atoms in total. The Morgan fingerprint density at radius 1 is 1.44 bits per heavy atom. The van der Waals surface area contributed by atoms with Gasteiger partial charge in [-0.05, 0) is 29.4 Å². The standard InChI is InChI=1S/C12H17BrFNS/c1-8(2)16-7-11(15)5-9-3-4-10(13)6-12(9)14/h3-4,6,8,11H,5,7,15H2,1-2H3. The molecule has 0 aliphatic carbocycles. The molecule has 0 aliphatic heterocycles. The normalized spacial score (nSPS) is 13.1. The predicted octanol–water partition coefficient (Wildman–Crippen LogP) is 3.60. The minimum absolute atomic E-state index is 0.0167. The first-order valence-electron chi connectivity index (χ1n) is 5.30. The van der Waals surface area contributed by atoms with Crippen LogP contribution in [-0.4, -0.2) is 17.0 Å². The second-order valence-electron chi connectivity index (χ2n) is 4.08. The van der Waals surface area contributed by atoms with Crippen LogP contribution in [0.5, 0.6) is 0 Å². The number of halogens is 2. The molecule has 0 bridgehead atoms. The van der Waals surface area contributed by atoms with Crippen molar-refractivity contribution in [3.63, 3.8) is 0 Å². The zero-order chi connectivity index (χ0) is 12.1. The van der Waals surface area contributed by atoms with Gasteiger partial charge in [0.25, 0.3) is 0 Å². The van der Waals surface area contributed by atoms with Crippen LogP contribution in [0.3, 0.4) is 0 Å². The Kier molecular flexibility index (Phi) is 5.79. The summed E-state index contributed by atoms with van der Waals surface area (Å²) in [5.41, 5.74) is 6.66. The minimum atomic E-state index is -0.181. The molecule has 0 heterocycles. The second kappa shape index (κ2) is 6.62. The molecule has 1 atom stereocenters. The average Bonchev–Trinajstić information content (AvgIpc) is 2.19. The topological polar surface area (TPSA) is 26.0 Å². The van der Waals surface area contributed by atoms with Gasteiger partial charge in [-0.1, -0.05) is 35.8 Å². The van der Waals surface area contributed by atoms with E-state index in [-0.39, 0.29) is 11.9 Å². The summed E-state index contributed by atoms with van der Waals surface area (Å²) in [7, 11) is 0. The minimum Gasteiger partial charge on any atom is -0.327 e. The van der Waals surface area contributed by atoms with Crippen molar-refractivity contribution in [2.75, 3.05) is 5.75 Å². The maximum Gasteiger partial charge on any atom is 0.127 e. The van der Waals surface area contributed by atoms with Crippen molar-refractivity contribution in [2.45, 2.75) is 31.6 Å². The van der Waals surface area contributed by atoms with Crippen LogP contribution in [0.4, 0.5) is 4.39 Å². The summed E-state index contributed by atoms with van der Waals surface area (Å²) in [5.74, 6) is 0.687. The Morgan fingerprint density at radius 3 is 2.69 bits per heavy atom. The van der Waals surface area contributed by atoms with E-state index in [0.29, 0.717) is 17.2 Å². The lowest BCUT2D eigenvalue weighted by molar-refractivity contribution is 0.596. The molecule has 0 aliphatic rings. The van der Waals surface area contributed by atoms with Gasteiger partial charge in [0.05, 0.1) is 0 Å². The van der Waals surface area contributed by atoms with Crippen molar-refractivity contribution in [3.8, 4) is 0 Å². The van der Waals surface area contributed by atoms with Crippen molar-refractivity contribution in [1.82, 2.24) is 0 Å². The smallest absolute Gasteiger partial charge is 0.127 e. The number of benzene rings is 1. The molecular weight excluding hydrogens is 289 g/mol. The highest BCUT2D eigenvalue weighted by molar-refractivity contribution is 9.10. The molecule has 0 aromatic heterocycles. The Bertz CT molecular complexity index is 344. The quantitative estimate of drug-likeness (QED) is 0.899. The average molecular weight is 306 g/mol. The van der Waals surface area contributed by atoms with Crippen molar-refractivity contribution < 1.29 is 4.39 Å². The highest BCUT2D eigenvalue weighted by Crippen LogP contribution is 2.18. The highest BCUT2D eigenvalue weighted by atomic mass is 79.9. The fourth-order valence-electron chi connectivity index (χ4n) is 1.34. The molecule has 0 spiro atoms. The first-order chi connectivity index (χ1) is 7.49. The maximum absolute atomic E-state index is 13.5. The largest absolute Gasteiger partial charge is 0.327 e. The van der Waals surface area contributed by atoms with E-state index < -0.39 is 0 Å². The number of thioether (sulfide) groups is 1. The predicted molar refractivity (Wildman–Crippen MR) is 73.4 cm³/mol. The molecule has 0 saturated carbocycles. The molecule has 0 saturated heterocycles. The lowest BCUT2D eigenvalue weighted by Crippen LogP contribution is -2.26. The lowest BCUT2D eigenvalue weighted by Gasteiger charge is -2.13. The SMILES string of the molecule is CC(C)SCC(N)Cc1ccc(Br)cc1F. The van der Waals surface area contributed by atoms with E-state index in [4.69, 9.17) is 5.73 Å². The highest BCUT2D eigenvalue weighted by Gasteiger charge is 2.09. The van der Waals surface area contributed by atoms with Gasteiger partial charge in [0.15, 0.2) is 0 Å². The van der Waals surface area contributed by atoms with Gasteiger partial charge in [0.2, 0.25) is 0 Å². The Labute approximate surface area is 109 Å². The van der Waals surface area contributed by atoms with Crippen LogP contribution in [0.2, 0.25) is 0 Å². The van der Waals surface area contributed by atoms with E-state index in [2.05, 4.69) is 29.8 Å². The van der Waals surface area contributed by atoms with Gasteiger partial charge in [0.1, 0.15) is 5.82 Å². The molecule has 1 aromatic rings. The summed E-state index contributed by atoms with van der Waals surface area (Å²) in [6.07, 6.45) is 0.596. The molecule has 2 N–H and O–H groups in total. The Morgan fingerprint density at radius 2 is 2.12 bits per heavy atom. The van der Waals surface area contributed by atoms with Gasteiger partial charge < -0.3 is 5.73 Å². The number of hydrogen-bond donors (Lipinski definition) is 1. The van der Waals surface area contributed by atoms with Crippen LogP contribution in [-0.2, 0) is 6.42 Å². The van der Waals surface area contributed by atoms with Gasteiger partial charge in [-0.25, -0.2) is 4.39 Å². The summed E-state index contributed by atoms with van der Waals surface area (Å²) in [6.45, 7) is 4.27. The zero-order valence-electron chi connectivity index (χ0n) is 9.54. The van der Waals surface area contributed by atoms with E-state index in [1.54, 1.807) is 6.07 Å². The van der Waals surface area contributed by atoms with Crippen LogP contribution >= 0.6 is 27.7 Å². The number of hydrogen-bond acceptors (Lipinski definition) is 2. The van der Waals surface area contributed by atoms with E-state index in [1.807, 2.05) is 17.8 Å². The van der Waals surface area contributed by atoms with E-state index in [9.17, 15) is 4.39 Å².